The quantitative estimate of drug-likeness (QED) is 0.651. The van der Waals surface area contributed by atoms with Crippen molar-refractivity contribution >= 4 is 32.8 Å². The molecule has 0 aliphatic carbocycles. The van der Waals surface area contributed by atoms with Crippen molar-refractivity contribution in [2.75, 3.05) is 16.8 Å². The lowest BCUT2D eigenvalue weighted by Crippen LogP contribution is -2.32. The molecule has 21 heavy (non-hydrogen) atoms. The van der Waals surface area contributed by atoms with E-state index in [0.717, 1.165) is 0 Å². The van der Waals surface area contributed by atoms with Gasteiger partial charge in [-0.25, -0.2) is 28.2 Å². The number of carbonyl (C=O) groups is 1. The van der Waals surface area contributed by atoms with Crippen LogP contribution in [-0.4, -0.2) is 57.0 Å². The van der Waals surface area contributed by atoms with Crippen LogP contribution < -0.4 is 5.32 Å². The van der Waals surface area contributed by atoms with Crippen LogP contribution in [-0.2, 0) is 14.6 Å². The zero-order chi connectivity index (χ0) is 15.5. The molecule has 1 atom stereocenters. The van der Waals surface area contributed by atoms with Gasteiger partial charge in [-0.05, 0) is 6.42 Å². The van der Waals surface area contributed by atoms with Crippen molar-refractivity contribution in [1.82, 2.24) is 19.9 Å². The predicted molar refractivity (Wildman–Crippen MR) is 75.7 cm³/mol. The molecule has 2 rings (SSSR count). The predicted octanol–water partition coefficient (Wildman–Crippen LogP) is 0.0428. The minimum absolute atomic E-state index is 0.0162. The van der Waals surface area contributed by atoms with Gasteiger partial charge in [0.25, 0.3) is 0 Å². The first-order chi connectivity index (χ1) is 9.93. The van der Waals surface area contributed by atoms with Gasteiger partial charge in [-0.2, -0.15) is 0 Å². The van der Waals surface area contributed by atoms with Crippen LogP contribution in [0.2, 0.25) is 0 Å². The molecule has 0 aliphatic heterocycles. The van der Waals surface area contributed by atoms with Gasteiger partial charge in [0.05, 0.1) is 12.1 Å². The molecule has 0 spiro atoms. The molecule has 0 saturated heterocycles. The lowest BCUT2D eigenvalue weighted by Gasteiger charge is -2.15. The average Bonchev–Trinajstić information content (AvgIpc) is 2.92. The number of sulfone groups is 1. The Balaban J connectivity index is 2.17. The monoisotopic (exact) mass is 313 g/mol. The maximum Gasteiger partial charge on any atom is 0.326 e. The number of anilines is 1. The van der Waals surface area contributed by atoms with Gasteiger partial charge in [0.15, 0.2) is 11.5 Å². The Morgan fingerprint density at radius 3 is 2.86 bits per heavy atom. The van der Waals surface area contributed by atoms with Gasteiger partial charge in [-0.15, -0.1) is 0 Å². The van der Waals surface area contributed by atoms with E-state index in [4.69, 9.17) is 0 Å². The van der Waals surface area contributed by atoms with E-state index in [9.17, 15) is 18.3 Å². The number of aliphatic carboxylic acids is 1. The van der Waals surface area contributed by atoms with Crippen LogP contribution in [0.3, 0.4) is 0 Å². The summed E-state index contributed by atoms with van der Waals surface area (Å²) < 4.78 is 23.0. The van der Waals surface area contributed by atoms with Crippen molar-refractivity contribution in [3.8, 4) is 0 Å². The Labute approximate surface area is 120 Å². The third-order valence-corrected chi connectivity index (χ3v) is 4.73. The molecule has 10 heteroatoms. The third kappa shape index (κ3) is 3.66. The smallest absolute Gasteiger partial charge is 0.326 e. The molecular weight excluding hydrogens is 298 g/mol. The number of H-pyrrole nitrogens is 1. The molecule has 2 heterocycles. The van der Waals surface area contributed by atoms with E-state index in [1.54, 1.807) is 0 Å². The molecule has 0 aliphatic rings. The van der Waals surface area contributed by atoms with Crippen LogP contribution in [0.4, 0.5) is 5.82 Å². The first-order valence-electron chi connectivity index (χ1n) is 6.27. The van der Waals surface area contributed by atoms with Crippen LogP contribution in [0.1, 0.15) is 13.3 Å². The highest BCUT2D eigenvalue weighted by molar-refractivity contribution is 7.91. The molecule has 0 fully saturated rings. The van der Waals surface area contributed by atoms with Crippen molar-refractivity contribution in [1.29, 1.82) is 0 Å². The van der Waals surface area contributed by atoms with E-state index in [1.165, 1.54) is 19.6 Å². The summed E-state index contributed by atoms with van der Waals surface area (Å²) in [7, 11) is -3.23. The fourth-order valence-electron chi connectivity index (χ4n) is 1.74. The number of rotatable bonds is 7. The number of imidazole rings is 1. The Kier molecular flexibility index (Phi) is 4.36. The molecule has 0 bridgehead atoms. The largest absolute Gasteiger partial charge is 0.480 e. The van der Waals surface area contributed by atoms with Gasteiger partial charge >= 0.3 is 5.97 Å². The van der Waals surface area contributed by atoms with Crippen LogP contribution in [0.25, 0.3) is 11.2 Å². The van der Waals surface area contributed by atoms with Gasteiger partial charge in [0.2, 0.25) is 0 Å². The number of hydrogen-bond acceptors (Lipinski definition) is 7. The summed E-state index contributed by atoms with van der Waals surface area (Å²) >= 11 is 0. The second-order valence-corrected chi connectivity index (χ2v) is 6.86. The number of aromatic amines is 1. The lowest BCUT2D eigenvalue weighted by molar-refractivity contribution is -0.137. The highest BCUT2D eigenvalue weighted by Gasteiger charge is 2.22. The zero-order valence-electron chi connectivity index (χ0n) is 11.3. The summed E-state index contributed by atoms with van der Waals surface area (Å²) in [6.07, 6.45) is 2.63. The van der Waals surface area contributed by atoms with Crippen LogP contribution >= 0.6 is 0 Å². The summed E-state index contributed by atoms with van der Waals surface area (Å²) in [5, 5.41) is 11.9. The molecule has 9 nitrogen and oxygen atoms in total. The van der Waals surface area contributed by atoms with Crippen LogP contribution in [0.15, 0.2) is 12.7 Å². The minimum Gasteiger partial charge on any atom is -0.480 e. The summed E-state index contributed by atoms with van der Waals surface area (Å²) in [5.41, 5.74) is 0.875. The number of fused-ring (bicyclic) bond motifs is 1. The molecule has 3 N–H and O–H groups in total. The third-order valence-electron chi connectivity index (χ3n) is 2.99. The molecule has 114 valence electrons. The minimum atomic E-state index is -3.23. The number of nitrogens with one attached hydrogen (secondary N) is 2. The van der Waals surface area contributed by atoms with Crippen LogP contribution in [0, 0.1) is 0 Å². The van der Waals surface area contributed by atoms with E-state index in [2.05, 4.69) is 25.3 Å². The van der Waals surface area contributed by atoms with Crippen molar-refractivity contribution in [3.05, 3.63) is 12.7 Å². The summed E-state index contributed by atoms with van der Waals surface area (Å²) in [4.78, 5) is 25.9. The molecule has 0 amide bonds. The highest BCUT2D eigenvalue weighted by atomic mass is 32.2. The number of carboxylic acid groups (broad SMARTS) is 1. The van der Waals surface area contributed by atoms with Crippen molar-refractivity contribution < 1.29 is 18.3 Å². The first kappa shape index (κ1) is 15.2. The molecule has 2 aromatic heterocycles. The maximum absolute atomic E-state index is 11.5. The van der Waals surface area contributed by atoms with Crippen molar-refractivity contribution in [2.45, 2.75) is 19.4 Å². The molecule has 2 aromatic rings. The molecule has 1 unspecified atom stereocenters. The Morgan fingerprint density at radius 1 is 1.43 bits per heavy atom. The van der Waals surface area contributed by atoms with Gasteiger partial charge in [-0.1, -0.05) is 6.92 Å². The van der Waals surface area contributed by atoms with E-state index < -0.39 is 21.8 Å². The number of hydrogen-bond donors (Lipinski definition) is 3. The topological polar surface area (TPSA) is 138 Å². The lowest BCUT2D eigenvalue weighted by atomic mass is 10.2. The SMILES string of the molecule is CCS(=O)(=O)CCC(Nc1ncnc2nc[nH]c12)C(=O)O. The van der Waals surface area contributed by atoms with E-state index in [1.807, 2.05) is 0 Å². The Bertz CT molecular complexity index is 742. The first-order valence-corrected chi connectivity index (χ1v) is 8.09. The average molecular weight is 313 g/mol. The second kappa shape index (κ2) is 6.04. The van der Waals surface area contributed by atoms with Gasteiger partial charge in [0.1, 0.15) is 27.7 Å². The number of nitrogens with zero attached hydrogens (tertiary/aromatic N) is 3. The van der Waals surface area contributed by atoms with Gasteiger partial charge in [-0.3, -0.25) is 0 Å². The fourth-order valence-corrected chi connectivity index (χ4v) is 2.62. The Hall–Kier alpha value is -2.23. The second-order valence-electron chi connectivity index (χ2n) is 4.38. The number of carboxylic acids is 1. The fraction of sp³-hybridized carbons (Fsp3) is 0.455. The van der Waals surface area contributed by atoms with E-state index in [0.29, 0.717) is 11.2 Å². The van der Waals surface area contributed by atoms with E-state index in [-0.39, 0.29) is 23.7 Å². The van der Waals surface area contributed by atoms with Gasteiger partial charge < -0.3 is 15.4 Å². The Morgan fingerprint density at radius 2 is 2.19 bits per heavy atom. The highest BCUT2D eigenvalue weighted by Crippen LogP contribution is 2.16. The number of aromatic nitrogens is 4. The van der Waals surface area contributed by atoms with E-state index >= 15 is 0 Å². The van der Waals surface area contributed by atoms with Gasteiger partial charge in [0, 0.05) is 5.75 Å². The summed E-state index contributed by atoms with van der Waals surface area (Å²) in [6.45, 7) is 1.52. The standard InChI is InChI=1S/C11H15N5O4S/c1-2-21(19,20)4-3-7(11(17)18)16-10-8-9(13-5-12-8)14-6-15-10/h5-7H,2-4H2,1H3,(H,17,18)(H2,12,13,14,15,16). The zero-order valence-corrected chi connectivity index (χ0v) is 12.1. The molecule has 0 aromatic carbocycles. The van der Waals surface area contributed by atoms with Crippen molar-refractivity contribution in [3.63, 3.8) is 0 Å². The van der Waals surface area contributed by atoms with Crippen LogP contribution in [0.5, 0.6) is 0 Å². The summed E-state index contributed by atoms with van der Waals surface area (Å²) in [5.74, 6) is -1.09. The normalized spacial score (nSPS) is 13.2. The molecule has 0 saturated carbocycles. The molecule has 0 radical (unpaired) electrons. The van der Waals surface area contributed by atoms with Crippen molar-refractivity contribution in [2.24, 2.45) is 0 Å². The summed E-state index contributed by atoms with van der Waals surface area (Å²) in [6, 6.07) is -1.06. The molecular formula is C11H15N5O4S. The maximum atomic E-state index is 11.5.